The summed E-state index contributed by atoms with van der Waals surface area (Å²) in [7, 11) is 0. The minimum Gasteiger partial charge on any atom is -0.366 e. The zero-order chi connectivity index (χ0) is 14.6. The van der Waals surface area contributed by atoms with Gasteiger partial charge in [0.15, 0.2) is 0 Å². The number of amides is 1. The lowest BCUT2D eigenvalue weighted by molar-refractivity contribution is -0.141. The first kappa shape index (κ1) is 15.8. The maximum absolute atomic E-state index is 12.6. The summed E-state index contributed by atoms with van der Waals surface area (Å²) >= 11 is 1.12. The Bertz CT molecular complexity index is 461. The van der Waals surface area contributed by atoms with Gasteiger partial charge in [0, 0.05) is 0 Å². The van der Waals surface area contributed by atoms with Crippen LogP contribution in [0, 0.1) is 5.92 Å². The number of halogens is 3. The van der Waals surface area contributed by atoms with Gasteiger partial charge in [-0.3, -0.25) is 4.79 Å². The first-order valence-electron chi connectivity index (χ1n) is 5.72. The van der Waals surface area contributed by atoms with Crippen molar-refractivity contribution in [3.63, 3.8) is 0 Å². The summed E-state index contributed by atoms with van der Waals surface area (Å²) in [6, 6.07) is 1.85. The van der Waals surface area contributed by atoms with Gasteiger partial charge in [0.1, 0.15) is 10.7 Å². The van der Waals surface area contributed by atoms with Gasteiger partial charge in [-0.1, -0.05) is 13.8 Å². The van der Waals surface area contributed by atoms with Crippen LogP contribution in [-0.2, 0) is 6.18 Å². The Morgan fingerprint density at radius 2 is 2.05 bits per heavy atom. The molecule has 0 aromatic carbocycles. The van der Waals surface area contributed by atoms with Crippen LogP contribution in [0.1, 0.15) is 36.3 Å². The van der Waals surface area contributed by atoms with Crippen molar-refractivity contribution in [2.24, 2.45) is 11.7 Å². The Hall–Kier alpha value is -1.24. The number of carbonyl (C=O) groups excluding carboxylic acids is 1. The van der Waals surface area contributed by atoms with Crippen molar-refractivity contribution in [2.75, 3.05) is 5.75 Å². The van der Waals surface area contributed by atoms with E-state index in [1.54, 1.807) is 0 Å². The molecule has 0 aliphatic carbocycles. The average molecular weight is 292 g/mol. The molecule has 0 fully saturated rings. The van der Waals surface area contributed by atoms with Gasteiger partial charge in [-0.2, -0.15) is 13.2 Å². The maximum atomic E-state index is 12.6. The van der Waals surface area contributed by atoms with Crippen molar-refractivity contribution in [1.82, 2.24) is 4.98 Å². The number of nitrogens with zero attached hydrogens (tertiary/aromatic N) is 1. The lowest BCUT2D eigenvalue weighted by atomic mass is 10.2. The predicted molar refractivity (Wildman–Crippen MR) is 67.9 cm³/mol. The summed E-state index contributed by atoms with van der Waals surface area (Å²) in [5, 5.41) is 0.0444. The molecule has 3 nitrogen and oxygen atoms in total. The van der Waals surface area contributed by atoms with Crippen molar-refractivity contribution in [3.05, 3.63) is 23.4 Å². The van der Waals surface area contributed by atoms with Crippen molar-refractivity contribution < 1.29 is 18.0 Å². The van der Waals surface area contributed by atoms with E-state index in [0.29, 0.717) is 11.7 Å². The molecular weight excluding hydrogens is 277 g/mol. The fourth-order valence-corrected chi connectivity index (χ4v) is 2.56. The molecule has 1 amide bonds. The standard InChI is InChI=1S/C12H15F3N2OS/c1-7(2)5-6-19-11-8(10(16)18)3-4-9(17-11)12(13,14)15/h3-4,7H,5-6H2,1-2H3,(H2,16,18). The van der Waals surface area contributed by atoms with Gasteiger partial charge in [-0.05, 0) is 30.2 Å². The fourth-order valence-electron chi connectivity index (χ4n) is 1.29. The number of alkyl halides is 3. The molecule has 1 aromatic heterocycles. The smallest absolute Gasteiger partial charge is 0.366 e. The van der Waals surface area contributed by atoms with Crippen LogP contribution in [0.2, 0.25) is 0 Å². The second-order valence-electron chi connectivity index (χ2n) is 4.44. The summed E-state index contributed by atoms with van der Waals surface area (Å²) < 4.78 is 37.7. The van der Waals surface area contributed by atoms with Crippen molar-refractivity contribution in [3.8, 4) is 0 Å². The Morgan fingerprint density at radius 3 is 2.53 bits per heavy atom. The van der Waals surface area contributed by atoms with Gasteiger partial charge in [0.2, 0.25) is 0 Å². The van der Waals surface area contributed by atoms with Crippen LogP contribution >= 0.6 is 11.8 Å². The lowest BCUT2D eigenvalue weighted by Gasteiger charge is -2.11. The highest BCUT2D eigenvalue weighted by molar-refractivity contribution is 7.99. The van der Waals surface area contributed by atoms with Gasteiger partial charge in [-0.25, -0.2) is 4.98 Å². The van der Waals surface area contributed by atoms with E-state index in [2.05, 4.69) is 4.98 Å². The topological polar surface area (TPSA) is 56.0 Å². The van der Waals surface area contributed by atoms with Crippen LogP contribution < -0.4 is 5.73 Å². The molecule has 0 aliphatic heterocycles. The van der Waals surface area contributed by atoms with E-state index in [1.807, 2.05) is 13.8 Å². The number of primary amides is 1. The summed E-state index contributed by atoms with van der Waals surface area (Å²) in [5.41, 5.74) is 4.15. The third-order valence-corrected chi connectivity index (χ3v) is 3.37. The molecule has 0 unspecified atom stereocenters. The minimum absolute atomic E-state index is 0.0294. The molecule has 0 radical (unpaired) electrons. The summed E-state index contributed by atoms with van der Waals surface area (Å²) in [6.07, 6.45) is -3.70. The monoisotopic (exact) mass is 292 g/mol. The highest BCUT2D eigenvalue weighted by Gasteiger charge is 2.33. The van der Waals surface area contributed by atoms with Gasteiger partial charge in [-0.15, -0.1) is 11.8 Å². The van der Waals surface area contributed by atoms with E-state index < -0.39 is 17.8 Å². The normalized spacial score (nSPS) is 11.9. The number of pyridine rings is 1. The molecule has 0 saturated carbocycles. The van der Waals surface area contributed by atoms with Gasteiger partial charge in [0.05, 0.1) is 5.56 Å². The zero-order valence-corrected chi connectivity index (χ0v) is 11.4. The van der Waals surface area contributed by atoms with E-state index in [4.69, 9.17) is 5.73 Å². The fraction of sp³-hybridized carbons (Fsp3) is 0.500. The van der Waals surface area contributed by atoms with E-state index in [0.717, 1.165) is 30.3 Å². The summed E-state index contributed by atoms with van der Waals surface area (Å²) in [4.78, 5) is 14.7. The number of nitrogens with two attached hydrogens (primary N) is 1. The molecule has 7 heteroatoms. The second kappa shape index (κ2) is 6.27. The number of rotatable bonds is 5. The molecular formula is C12H15F3N2OS. The van der Waals surface area contributed by atoms with Crippen LogP contribution in [0.5, 0.6) is 0 Å². The summed E-state index contributed by atoms with van der Waals surface area (Å²) in [6.45, 7) is 4.02. The first-order chi connectivity index (χ1) is 8.71. The minimum atomic E-state index is -4.52. The molecule has 0 atom stereocenters. The number of thioether (sulfide) groups is 1. The van der Waals surface area contributed by atoms with Gasteiger partial charge in [0.25, 0.3) is 5.91 Å². The Kier molecular flexibility index (Phi) is 5.22. The Labute approximate surface area is 113 Å². The predicted octanol–water partition coefficient (Wildman–Crippen LogP) is 3.34. The molecule has 106 valence electrons. The van der Waals surface area contributed by atoms with Crippen LogP contribution in [0.15, 0.2) is 17.2 Å². The third-order valence-electron chi connectivity index (χ3n) is 2.35. The van der Waals surface area contributed by atoms with Crippen molar-refractivity contribution in [2.45, 2.75) is 31.5 Å². The summed E-state index contributed by atoms with van der Waals surface area (Å²) in [5.74, 6) is 0.246. The molecule has 1 heterocycles. The molecule has 0 saturated heterocycles. The molecule has 2 N–H and O–H groups in total. The molecule has 19 heavy (non-hydrogen) atoms. The highest BCUT2D eigenvalue weighted by Crippen LogP contribution is 2.31. The average Bonchev–Trinajstić information content (AvgIpc) is 2.26. The molecule has 1 rings (SSSR count). The number of hydrogen-bond donors (Lipinski definition) is 1. The maximum Gasteiger partial charge on any atom is 0.433 e. The molecule has 0 aliphatic rings. The number of aromatic nitrogens is 1. The van der Waals surface area contributed by atoms with Gasteiger partial charge < -0.3 is 5.73 Å². The van der Waals surface area contributed by atoms with E-state index in [-0.39, 0.29) is 10.6 Å². The van der Waals surface area contributed by atoms with E-state index in [9.17, 15) is 18.0 Å². The van der Waals surface area contributed by atoms with Crippen molar-refractivity contribution >= 4 is 17.7 Å². The van der Waals surface area contributed by atoms with Crippen LogP contribution in [0.4, 0.5) is 13.2 Å². The quantitative estimate of drug-likeness (QED) is 0.847. The number of hydrogen-bond acceptors (Lipinski definition) is 3. The SMILES string of the molecule is CC(C)CCSc1nc(C(F)(F)F)ccc1C(N)=O. The highest BCUT2D eigenvalue weighted by atomic mass is 32.2. The molecule has 0 spiro atoms. The second-order valence-corrected chi connectivity index (χ2v) is 5.53. The van der Waals surface area contributed by atoms with Crippen LogP contribution in [-0.4, -0.2) is 16.6 Å². The largest absolute Gasteiger partial charge is 0.433 e. The van der Waals surface area contributed by atoms with Crippen LogP contribution in [0.3, 0.4) is 0 Å². The third kappa shape index (κ3) is 4.74. The van der Waals surface area contributed by atoms with Gasteiger partial charge >= 0.3 is 6.18 Å². The van der Waals surface area contributed by atoms with Crippen LogP contribution in [0.25, 0.3) is 0 Å². The Morgan fingerprint density at radius 1 is 1.42 bits per heavy atom. The molecule has 1 aromatic rings. The molecule has 0 bridgehead atoms. The first-order valence-corrected chi connectivity index (χ1v) is 6.71. The van der Waals surface area contributed by atoms with E-state index >= 15 is 0 Å². The lowest BCUT2D eigenvalue weighted by Crippen LogP contribution is -2.16. The van der Waals surface area contributed by atoms with E-state index in [1.165, 1.54) is 0 Å². The Balaban J connectivity index is 2.99. The van der Waals surface area contributed by atoms with Crippen molar-refractivity contribution in [1.29, 1.82) is 0 Å². The number of carbonyl (C=O) groups is 1. The zero-order valence-electron chi connectivity index (χ0n) is 10.6.